The van der Waals surface area contributed by atoms with Crippen molar-refractivity contribution in [3.63, 3.8) is 0 Å². The van der Waals surface area contributed by atoms with Crippen LogP contribution in [0.25, 0.3) is 10.6 Å². The molecule has 8 nitrogen and oxygen atoms in total. The number of hydrogen-bond donors (Lipinski definition) is 2. The molecule has 1 aliphatic rings. The highest BCUT2D eigenvalue weighted by Crippen LogP contribution is 2.32. The van der Waals surface area contributed by atoms with E-state index in [9.17, 15) is 4.79 Å². The quantitative estimate of drug-likeness (QED) is 0.715. The number of ether oxygens (including phenoxy) is 1. The Hall–Kier alpha value is -2.52. The standard InChI is InChI=1S/C17H20N6O2S/c1-23-9-13(8-21-23)17-22-14(10-26-17)16(24)18-5-11-3-2-4-25-15(11)12-6-19-20-7-12/h6-11,15H,2-5H2,1H3,(H,18,24)(H,19,20)/t11-,15+/m0/s1. The van der Waals surface area contributed by atoms with Crippen molar-refractivity contribution >= 4 is 17.2 Å². The second-order valence-corrected chi connectivity index (χ2v) is 7.23. The van der Waals surface area contributed by atoms with Gasteiger partial charge in [-0.1, -0.05) is 0 Å². The van der Waals surface area contributed by atoms with Crippen LogP contribution in [0.4, 0.5) is 0 Å². The first-order chi connectivity index (χ1) is 12.7. The summed E-state index contributed by atoms with van der Waals surface area (Å²) in [5.74, 6) is 0.0645. The fourth-order valence-electron chi connectivity index (χ4n) is 3.19. The molecule has 4 rings (SSSR count). The number of rotatable bonds is 5. The van der Waals surface area contributed by atoms with E-state index < -0.39 is 0 Å². The van der Waals surface area contributed by atoms with Crippen LogP contribution < -0.4 is 5.32 Å². The van der Waals surface area contributed by atoms with E-state index in [-0.39, 0.29) is 17.9 Å². The lowest BCUT2D eigenvalue weighted by Gasteiger charge is -2.31. The Balaban J connectivity index is 1.39. The molecule has 3 aromatic heterocycles. The highest BCUT2D eigenvalue weighted by molar-refractivity contribution is 7.13. The summed E-state index contributed by atoms with van der Waals surface area (Å²) in [4.78, 5) is 16.9. The Morgan fingerprint density at radius 2 is 2.42 bits per heavy atom. The summed E-state index contributed by atoms with van der Waals surface area (Å²) in [7, 11) is 1.85. The van der Waals surface area contributed by atoms with Crippen LogP contribution in [0.15, 0.2) is 30.2 Å². The van der Waals surface area contributed by atoms with Crippen molar-refractivity contribution in [3.8, 4) is 10.6 Å². The topological polar surface area (TPSA) is 97.7 Å². The molecule has 0 spiro atoms. The number of thiazole rings is 1. The number of carbonyl (C=O) groups is 1. The van der Waals surface area contributed by atoms with E-state index >= 15 is 0 Å². The SMILES string of the molecule is Cn1cc(-c2nc(C(=O)NC[C@@H]3CCCO[C@H]3c3cn[nH]c3)cs2)cn1. The van der Waals surface area contributed by atoms with Crippen LogP contribution in [-0.2, 0) is 11.8 Å². The van der Waals surface area contributed by atoms with Gasteiger partial charge in [-0.2, -0.15) is 10.2 Å². The van der Waals surface area contributed by atoms with Crippen LogP contribution in [0.1, 0.15) is 35.0 Å². The monoisotopic (exact) mass is 372 g/mol. The Kier molecular flexibility index (Phi) is 4.81. The third-order valence-corrected chi connectivity index (χ3v) is 5.40. The van der Waals surface area contributed by atoms with E-state index in [1.54, 1.807) is 22.5 Å². The van der Waals surface area contributed by atoms with Crippen molar-refractivity contribution in [3.05, 3.63) is 41.4 Å². The third-order valence-electron chi connectivity index (χ3n) is 4.51. The molecule has 0 radical (unpaired) electrons. The molecular weight excluding hydrogens is 352 g/mol. The van der Waals surface area contributed by atoms with E-state index in [4.69, 9.17) is 4.74 Å². The summed E-state index contributed by atoms with van der Waals surface area (Å²) in [6, 6.07) is 0. The number of aryl methyl sites for hydroxylation is 1. The number of amides is 1. The molecule has 0 aliphatic carbocycles. The largest absolute Gasteiger partial charge is 0.373 e. The predicted octanol–water partition coefficient (Wildman–Crippen LogP) is 2.16. The molecular formula is C17H20N6O2S. The van der Waals surface area contributed by atoms with E-state index in [2.05, 4.69) is 25.6 Å². The van der Waals surface area contributed by atoms with Gasteiger partial charge in [-0.3, -0.25) is 14.6 Å². The van der Waals surface area contributed by atoms with Crippen molar-refractivity contribution in [1.82, 2.24) is 30.3 Å². The van der Waals surface area contributed by atoms with Crippen molar-refractivity contribution in [1.29, 1.82) is 0 Å². The molecule has 2 atom stereocenters. The molecule has 1 amide bonds. The van der Waals surface area contributed by atoms with E-state index in [0.717, 1.165) is 35.6 Å². The van der Waals surface area contributed by atoms with Crippen LogP contribution in [0.5, 0.6) is 0 Å². The summed E-state index contributed by atoms with van der Waals surface area (Å²) in [5, 5.41) is 16.5. The zero-order chi connectivity index (χ0) is 17.9. The lowest BCUT2D eigenvalue weighted by Crippen LogP contribution is -2.35. The van der Waals surface area contributed by atoms with Crippen molar-refractivity contribution in [2.75, 3.05) is 13.2 Å². The van der Waals surface area contributed by atoms with Gasteiger partial charge in [-0.25, -0.2) is 4.98 Å². The number of hydrogen-bond acceptors (Lipinski definition) is 6. The molecule has 4 heterocycles. The van der Waals surface area contributed by atoms with E-state index in [1.807, 2.05) is 19.4 Å². The Morgan fingerprint density at radius 1 is 1.50 bits per heavy atom. The lowest BCUT2D eigenvalue weighted by molar-refractivity contribution is -0.0272. The number of aromatic nitrogens is 5. The minimum absolute atomic E-state index is 0.0378. The van der Waals surface area contributed by atoms with Crippen LogP contribution in [-0.4, -0.2) is 44.0 Å². The van der Waals surface area contributed by atoms with Gasteiger partial charge in [0, 0.05) is 55.0 Å². The summed E-state index contributed by atoms with van der Waals surface area (Å²) < 4.78 is 7.62. The predicted molar refractivity (Wildman–Crippen MR) is 96.7 cm³/mol. The maximum absolute atomic E-state index is 12.5. The molecule has 3 aromatic rings. The minimum Gasteiger partial charge on any atom is -0.373 e. The molecule has 0 unspecified atom stereocenters. The molecule has 26 heavy (non-hydrogen) atoms. The third kappa shape index (κ3) is 3.54. The van der Waals surface area contributed by atoms with Gasteiger partial charge in [0.05, 0.1) is 18.5 Å². The van der Waals surface area contributed by atoms with Crippen molar-refractivity contribution in [2.24, 2.45) is 13.0 Å². The summed E-state index contributed by atoms with van der Waals surface area (Å²) in [6.07, 6.45) is 9.23. The molecule has 0 saturated carbocycles. The molecule has 136 valence electrons. The Morgan fingerprint density at radius 3 is 3.19 bits per heavy atom. The van der Waals surface area contributed by atoms with Crippen molar-refractivity contribution < 1.29 is 9.53 Å². The smallest absolute Gasteiger partial charge is 0.270 e. The maximum Gasteiger partial charge on any atom is 0.270 e. The molecule has 0 bridgehead atoms. The minimum atomic E-state index is -0.159. The molecule has 9 heteroatoms. The molecule has 0 aromatic carbocycles. The highest BCUT2D eigenvalue weighted by Gasteiger charge is 2.28. The van der Waals surface area contributed by atoms with Crippen LogP contribution >= 0.6 is 11.3 Å². The molecule has 1 fully saturated rings. The highest BCUT2D eigenvalue weighted by atomic mass is 32.1. The van der Waals surface area contributed by atoms with Gasteiger partial charge in [0.15, 0.2) is 0 Å². The average Bonchev–Trinajstić information content (AvgIpc) is 3.40. The normalized spacial score (nSPS) is 20.2. The summed E-state index contributed by atoms with van der Waals surface area (Å²) in [6.45, 7) is 1.29. The number of carbonyl (C=O) groups excluding carboxylic acids is 1. The summed E-state index contributed by atoms with van der Waals surface area (Å²) in [5.41, 5.74) is 2.37. The van der Waals surface area contributed by atoms with Gasteiger partial charge in [0.1, 0.15) is 10.7 Å². The first-order valence-corrected chi connectivity index (χ1v) is 9.41. The zero-order valence-electron chi connectivity index (χ0n) is 14.4. The number of H-pyrrole nitrogens is 1. The molecule has 2 N–H and O–H groups in total. The zero-order valence-corrected chi connectivity index (χ0v) is 15.2. The number of nitrogens with one attached hydrogen (secondary N) is 2. The van der Waals surface area contributed by atoms with Gasteiger partial charge in [-0.05, 0) is 12.8 Å². The van der Waals surface area contributed by atoms with Gasteiger partial charge in [0.25, 0.3) is 5.91 Å². The van der Waals surface area contributed by atoms with Gasteiger partial charge >= 0.3 is 0 Å². The molecule has 1 aliphatic heterocycles. The van der Waals surface area contributed by atoms with Crippen LogP contribution in [0.2, 0.25) is 0 Å². The number of aromatic amines is 1. The maximum atomic E-state index is 12.5. The fourth-order valence-corrected chi connectivity index (χ4v) is 3.97. The first-order valence-electron chi connectivity index (χ1n) is 8.54. The van der Waals surface area contributed by atoms with E-state index in [0.29, 0.717) is 12.2 Å². The average molecular weight is 372 g/mol. The first kappa shape index (κ1) is 16.9. The van der Waals surface area contributed by atoms with Gasteiger partial charge in [0.2, 0.25) is 0 Å². The van der Waals surface area contributed by atoms with Crippen molar-refractivity contribution in [2.45, 2.75) is 18.9 Å². The van der Waals surface area contributed by atoms with E-state index in [1.165, 1.54) is 11.3 Å². The second-order valence-electron chi connectivity index (χ2n) is 6.38. The van der Waals surface area contributed by atoms with Gasteiger partial charge < -0.3 is 10.1 Å². The van der Waals surface area contributed by atoms with Crippen LogP contribution in [0.3, 0.4) is 0 Å². The Labute approximate surface area is 154 Å². The Bertz CT molecular complexity index is 872. The van der Waals surface area contributed by atoms with Gasteiger partial charge in [-0.15, -0.1) is 11.3 Å². The lowest BCUT2D eigenvalue weighted by atomic mass is 9.91. The van der Waals surface area contributed by atoms with Crippen LogP contribution in [0, 0.1) is 5.92 Å². The molecule has 1 saturated heterocycles. The number of nitrogens with zero attached hydrogens (tertiary/aromatic N) is 4. The second kappa shape index (κ2) is 7.38. The summed E-state index contributed by atoms with van der Waals surface area (Å²) >= 11 is 1.44. The fraction of sp³-hybridized carbons (Fsp3) is 0.412.